The van der Waals surface area contributed by atoms with Gasteiger partial charge in [0.2, 0.25) is 0 Å². The van der Waals surface area contributed by atoms with Crippen LogP contribution in [0.4, 0.5) is 0 Å². The quantitative estimate of drug-likeness (QED) is 0.761. The summed E-state index contributed by atoms with van der Waals surface area (Å²) in [6.45, 7) is 0.284. The van der Waals surface area contributed by atoms with Gasteiger partial charge in [0.25, 0.3) is 5.91 Å². The van der Waals surface area contributed by atoms with Gasteiger partial charge < -0.3 is 5.32 Å². The summed E-state index contributed by atoms with van der Waals surface area (Å²) in [5, 5.41) is 14.1. The van der Waals surface area contributed by atoms with Gasteiger partial charge in [0.1, 0.15) is 0 Å². The van der Waals surface area contributed by atoms with Gasteiger partial charge in [-0.3, -0.25) is 9.78 Å². The first-order chi connectivity index (χ1) is 11.7. The molecular formula is C18H12ClN3OS. The fourth-order valence-corrected chi connectivity index (χ4v) is 3.14. The van der Waals surface area contributed by atoms with Crippen molar-refractivity contribution in [3.63, 3.8) is 0 Å². The van der Waals surface area contributed by atoms with Gasteiger partial charge in [-0.1, -0.05) is 23.7 Å². The summed E-state index contributed by atoms with van der Waals surface area (Å²) in [5.41, 5.74) is 2.65. The molecule has 1 aromatic carbocycles. The highest BCUT2D eigenvalue weighted by molar-refractivity contribution is 7.13. The molecule has 0 atom stereocenters. The molecule has 0 aliphatic heterocycles. The van der Waals surface area contributed by atoms with E-state index in [2.05, 4.69) is 10.3 Å². The van der Waals surface area contributed by atoms with E-state index < -0.39 is 0 Å². The molecule has 1 N–H and O–H groups in total. The lowest BCUT2D eigenvalue weighted by molar-refractivity contribution is 0.0950. The standard InChI is InChI=1S/C18H12ClN3OS/c19-16-6-12(8-20)3-4-13(16)11-22-18(23)15-7-14(9-21-10-15)17-2-1-5-24-17/h1-7,9-10H,11H2,(H,22,23). The van der Waals surface area contributed by atoms with E-state index in [1.54, 1.807) is 35.7 Å². The Morgan fingerprint density at radius 3 is 2.88 bits per heavy atom. The van der Waals surface area contributed by atoms with Gasteiger partial charge in [0.15, 0.2) is 0 Å². The number of halogens is 1. The van der Waals surface area contributed by atoms with Crippen molar-refractivity contribution in [1.82, 2.24) is 10.3 Å². The lowest BCUT2D eigenvalue weighted by Gasteiger charge is -2.08. The third kappa shape index (κ3) is 3.62. The normalized spacial score (nSPS) is 10.2. The Morgan fingerprint density at radius 1 is 1.29 bits per heavy atom. The van der Waals surface area contributed by atoms with Crippen molar-refractivity contribution in [1.29, 1.82) is 5.26 Å². The zero-order valence-electron chi connectivity index (χ0n) is 12.5. The molecule has 24 heavy (non-hydrogen) atoms. The number of thiophene rings is 1. The molecule has 0 spiro atoms. The third-order valence-corrected chi connectivity index (χ3v) is 4.70. The van der Waals surface area contributed by atoms with Crippen molar-refractivity contribution < 1.29 is 4.79 Å². The third-order valence-electron chi connectivity index (χ3n) is 3.43. The maximum Gasteiger partial charge on any atom is 0.253 e. The van der Waals surface area contributed by atoms with Crippen LogP contribution in [0.3, 0.4) is 0 Å². The Hall–Kier alpha value is -2.68. The minimum atomic E-state index is -0.221. The van der Waals surface area contributed by atoms with Crippen molar-refractivity contribution in [3.8, 4) is 16.5 Å². The molecule has 6 heteroatoms. The van der Waals surface area contributed by atoms with Crippen molar-refractivity contribution in [2.45, 2.75) is 6.54 Å². The fourth-order valence-electron chi connectivity index (χ4n) is 2.18. The van der Waals surface area contributed by atoms with Gasteiger partial charge in [0.05, 0.1) is 17.2 Å². The summed E-state index contributed by atoms with van der Waals surface area (Å²) in [7, 11) is 0. The first-order valence-electron chi connectivity index (χ1n) is 7.13. The molecule has 2 heterocycles. The molecule has 0 saturated carbocycles. The molecule has 3 rings (SSSR count). The lowest BCUT2D eigenvalue weighted by atomic mass is 10.1. The fraction of sp³-hybridized carbons (Fsp3) is 0.0556. The van der Waals surface area contributed by atoms with Gasteiger partial charge >= 0.3 is 0 Å². The number of carbonyl (C=O) groups excluding carboxylic acids is 1. The second-order valence-corrected chi connectivity index (χ2v) is 6.40. The Kier molecular flexibility index (Phi) is 4.90. The number of nitriles is 1. The second kappa shape index (κ2) is 7.26. The number of benzene rings is 1. The molecule has 0 fully saturated rings. The van der Waals surface area contributed by atoms with Crippen molar-refractivity contribution in [2.24, 2.45) is 0 Å². The van der Waals surface area contributed by atoms with Crippen LogP contribution in [-0.2, 0) is 6.54 Å². The van der Waals surface area contributed by atoms with Crippen LogP contribution in [0.2, 0.25) is 5.02 Å². The van der Waals surface area contributed by atoms with Gasteiger partial charge in [0, 0.05) is 34.4 Å². The molecule has 4 nitrogen and oxygen atoms in total. The first kappa shape index (κ1) is 16.2. The maximum absolute atomic E-state index is 12.3. The summed E-state index contributed by atoms with van der Waals surface area (Å²) in [6, 6.07) is 12.8. The highest BCUT2D eigenvalue weighted by Crippen LogP contribution is 2.24. The summed E-state index contributed by atoms with van der Waals surface area (Å²) in [4.78, 5) is 17.5. The molecule has 0 unspecified atom stereocenters. The zero-order valence-corrected chi connectivity index (χ0v) is 14.1. The molecule has 118 valence electrons. The Balaban J connectivity index is 1.72. The number of hydrogen-bond donors (Lipinski definition) is 1. The minimum absolute atomic E-state index is 0.221. The van der Waals surface area contributed by atoms with E-state index >= 15 is 0 Å². The van der Waals surface area contributed by atoms with Crippen LogP contribution in [0.5, 0.6) is 0 Å². The number of hydrogen-bond acceptors (Lipinski definition) is 4. The zero-order chi connectivity index (χ0) is 16.9. The smallest absolute Gasteiger partial charge is 0.253 e. The van der Waals surface area contributed by atoms with E-state index in [0.29, 0.717) is 16.1 Å². The van der Waals surface area contributed by atoms with Crippen molar-refractivity contribution in [2.75, 3.05) is 0 Å². The van der Waals surface area contributed by atoms with Crippen LogP contribution in [0, 0.1) is 11.3 Å². The predicted octanol–water partition coefficient (Wildman–Crippen LogP) is 4.27. The van der Waals surface area contributed by atoms with E-state index in [1.165, 1.54) is 6.20 Å². The lowest BCUT2D eigenvalue weighted by Crippen LogP contribution is -2.23. The predicted molar refractivity (Wildman–Crippen MR) is 94.9 cm³/mol. The van der Waals surface area contributed by atoms with E-state index in [-0.39, 0.29) is 12.5 Å². The highest BCUT2D eigenvalue weighted by atomic mass is 35.5. The molecule has 0 radical (unpaired) electrons. The van der Waals surface area contributed by atoms with Crippen LogP contribution in [-0.4, -0.2) is 10.9 Å². The number of rotatable bonds is 4. The van der Waals surface area contributed by atoms with Crippen LogP contribution in [0.1, 0.15) is 21.5 Å². The Bertz CT molecular complexity index is 916. The van der Waals surface area contributed by atoms with Gasteiger partial charge in [-0.15, -0.1) is 11.3 Å². The van der Waals surface area contributed by atoms with E-state index in [9.17, 15) is 4.79 Å². The maximum atomic E-state index is 12.3. The Labute approximate surface area is 148 Å². The second-order valence-electron chi connectivity index (χ2n) is 5.04. The molecule has 2 aromatic heterocycles. The van der Waals surface area contributed by atoms with E-state index in [1.807, 2.05) is 29.6 Å². The molecule has 3 aromatic rings. The van der Waals surface area contributed by atoms with Crippen LogP contribution >= 0.6 is 22.9 Å². The monoisotopic (exact) mass is 353 g/mol. The topological polar surface area (TPSA) is 65.8 Å². The number of aromatic nitrogens is 1. The van der Waals surface area contributed by atoms with Crippen LogP contribution in [0.15, 0.2) is 54.2 Å². The average Bonchev–Trinajstić information content (AvgIpc) is 3.15. The number of nitrogens with one attached hydrogen (secondary N) is 1. The summed E-state index contributed by atoms with van der Waals surface area (Å²) in [6.07, 6.45) is 3.27. The average molecular weight is 354 g/mol. The van der Waals surface area contributed by atoms with Crippen molar-refractivity contribution >= 4 is 28.8 Å². The van der Waals surface area contributed by atoms with Gasteiger partial charge in [-0.2, -0.15) is 5.26 Å². The summed E-state index contributed by atoms with van der Waals surface area (Å²) in [5.74, 6) is -0.221. The first-order valence-corrected chi connectivity index (χ1v) is 8.39. The number of amides is 1. The largest absolute Gasteiger partial charge is 0.348 e. The van der Waals surface area contributed by atoms with E-state index in [4.69, 9.17) is 16.9 Å². The molecule has 1 amide bonds. The molecule has 0 saturated heterocycles. The molecule has 0 aliphatic rings. The SMILES string of the molecule is N#Cc1ccc(CNC(=O)c2cncc(-c3cccs3)c2)c(Cl)c1. The summed E-state index contributed by atoms with van der Waals surface area (Å²) >= 11 is 7.71. The van der Waals surface area contributed by atoms with Crippen molar-refractivity contribution in [3.05, 3.63) is 75.9 Å². The van der Waals surface area contributed by atoms with Gasteiger partial charge in [-0.05, 0) is 35.2 Å². The van der Waals surface area contributed by atoms with Crippen LogP contribution < -0.4 is 5.32 Å². The highest BCUT2D eigenvalue weighted by Gasteiger charge is 2.10. The number of nitrogens with zero attached hydrogens (tertiary/aromatic N) is 2. The summed E-state index contributed by atoms with van der Waals surface area (Å²) < 4.78 is 0. The van der Waals surface area contributed by atoms with Crippen LogP contribution in [0.25, 0.3) is 10.4 Å². The molecule has 0 bridgehead atoms. The molecular weight excluding hydrogens is 342 g/mol. The number of pyridine rings is 1. The Morgan fingerprint density at radius 2 is 2.17 bits per heavy atom. The minimum Gasteiger partial charge on any atom is -0.348 e. The molecule has 0 aliphatic carbocycles. The number of carbonyl (C=O) groups is 1. The van der Waals surface area contributed by atoms with E-state index in [0.717, 1.165) is 16.0 Å². The van der Waals surface area contributed by atoms with Gasteiger partial charge in [-0.25, -0.2) is 0 Å².